The summed E-state index contributed by atoms with van der Waals surface area (Å²) in [4.78, 5) is 4.94. The third-order valence-electron chi connectivity index (χ3n) is 4.30. The molecule has 0 bridgehead atoms. The van der Waals surface area contributed by atoms with Crippen LogP contribution in [0.4, 0.5) is 0 Å². The number of hydrogen-bond acceptors (Lipinski definition) is 3. The minimum Gasteiger partial charge on any atom is -0.315 e. The Balaban J connectivity index is 1.95. The fourth-order valence-corrected chi connectivity index (χ4v) is 2.54. The van der Waals surface area contributed by atoms with Crippen LogP contribution in [0.5, 0.6) is 0 Å². The maximum atomic E-state index is 3.63. The standard InChI is InChI=1S/C15H33N3/c1-14(2)17(3)11-8-6-10-16-13-15-9-5-7-12-18(15)4/h14-16H,5-13H2,1-4H3. The summed E-state index contributed by atoms with van der Waals surface area (Å²) >= 11 is 0. The highest BCUT2D eigenvalue weighted by Crippen LogP contribution is 2.13. The van der Waals surface area contributed by atoms with E-state index in [1.807, 2.05) is 0 Å². The summed E-state index contributed by atoms with van der Waals surface area (Å²) in [5.74, 6) is 0. The number of likely N-dealkylation sites (N-methyl/N-ethyl adjacent to an activating group) is 1. The van der Waals surface area contributed by atoms with Gasteiger partial charge in [-0.25, -0.2) is 0 Å². The molecule has 1 aliphatic heterocycles. The quantitative estimate of drug-likeness (QED) is 0.671. The smallest absolute Gasteiger partial charge is 0.0217 e. The van der Waals surface area contributed by atoms with Crippen molar-refractivity contribution in [3.8, 4) is 0 Å². The van der Waals surface area contributed by atoms with E-state index < -0.39 is 0 Å². The van der Waals surface area contributed by atoms with Crippen molar-refractivity contribution in [1.29, 1.82) is 0 Å². The summed E-state index contributed by atoms with van der Waals surface area (Å²) in [5.41, 5.74) is 0. The Morgan fingerprint density at radius 3 is 2.72 bits per heavy atom. The highest BCUT2D eigenvalue weighted by Gasteiger charge is 2.17. The van der Waals surface area contributed by atoms with E-state index in [9.17, 15) is 0 Å². The Kier molecular flexibility index (Phi) is 7.87. The summed E-state index contributed by atoms with van der Waals surface area (Å²) in [7, 11) is 4.48. The second-order valence-corrected chi connectivity index (χ2v) is 6.12. The van der Waals surface area contributed by atoms with E-state index in [0.717, 1.165) is 6.04 Å². The van der Waals surface area contributed by atoms with E-state index in [0.29, 0.717) is 6.04 Å². The number of rotatable bonds is 8. The molecule has 18 heavy (non-hydrogen) atoms. The second-order valence-electron chi connectivity index (χ2n) is 6.12. The zero-order valence-corrected chi connectivity index (χ0v) is 12.9. The molecule has 1 atom stereocenters. The Labute approximate surface area is 114 Å². The molecule has 0 spiro atoms. The van der Waals surface area contributed by atoms with Gasteiger partial charge >= 0.3 is 0 Å². The van der Waals surface area contributed by atoms with Crippen LogP contribution in [0.15, 0.2) is 0 Å². The van der Waals surface area contributed by atoms with Crippen LogP contribution in [-0.4, -0.2) is 62.2 Å². The van der Waals surface area contributed by atoms with E-state index in [1.165, 1.54) is 58.3 Å². The normalized spacial score (nSPS) is 22.0. The molecule has 0 amide bonds. The SMILES string of the molecule is CC(C)N(C)CCCCNCC1CCCCN1C. The third-order valence-corrected chi connectivity index (χ3v) is 4.30. The van der Waals surface area contributed by atoms with Gasteiger partial charge in [-0.2, -0.15) is 0 Å². The van der Waals surface area contributed by atoms with E-state index in [-0.39, 0.29) is 0 Å². The average molecular weight is 255 g/mol. The van der Waals surface area contributed by atoms with Gasteiger partial charge in [0, 0.05) is 18.6 Å². The number of likely N-dealkylation sites (tertiary alicyclic amines) is 1. The Hall–Kier alpha value is -0.120. The van der Waals surface area contributed by atoms with Crippen LogP contribution in [0, 0.1) is 0 Å². The second kappa shape index (κ2) is 8.89. The monoisotopic (exact) mass is 255 g/mol. The van der Waals surface area contributed by atoms with Crippen LogP contribution in [-0.2, 0) is 0 Å². The molecule has 1 N–H and O–H groups in total. The molecule has 3 nitrogen and oxygen atoms in total. The molecule has 0 aromatic heterocycles. The van der Waals surface area contributed by atoms with Crippen molar-refractivity contribution in [2.75, 3.05) is 40.3 Å². The molecule has 1 unspecified atom stereocenters. The average Bonchev–Trinajstić information content (AvgIpc) is 2.35. The topological polar surface area (TPSA) is 18.5 Å². The van der Waals surface area contributed by atoms with Crippen LogP contribution in [0.2, 0.25) is 0 Å². The van der Waals surface area contributed by atoms with Crippen molar-refractivity contribution in [3.05, 3.63) is 0 Å². The predicted octanol–water partition coefficient (Wildman–Crippen LogP) is 2.18. The molecular formula is C15H33N3. The third kappa shape index (κ3) is 6.17. The Morgan fingerprint density at radius 1 is 1.28 bits per heavy atom. The van der Waals surface area contributed by atoms with Crippen LogP contribution < -0.4 is 5.32 Å². The van der Waals surface area contributed by atoms with Gasteiger partial charge in [-0.15, -0.1) is 0 Å². The molecule has 0 radical (unpaired) electrons. The molecular weight excluding hydrogens is 222 g/mol. The summed E-state index contributed by atoms with van der Waals surface area (Å²) in [6.07, 6.45) is 6.78. The van der Waals surface area contributed by atoms with Crippen LogP contribution in [0.25, 0.3) is 0 Å². The lowest BCUT2D eigenvalue weighted by molar-refractivity contribution is 0.181. The van der Waals surface area contributed by atoms with Gasteiger partial charge in [0.1, 0.15) is 0 Å². The van der Waals surface area contributed by atoms with Gasteiger partial charge in [0.05, 0.1) is 0 Å². The van der Waals surface area contributed by atoms with Crippen molar-refractivity contribution in [1.82, 2.24) is 15.1 Å². The van der Waals surface area contributed by atoms with Gasteiger partial charge in [0.2, 0.25) is 0 Å². The first-order valence-electron chi connectivity index (χ1n) is 7.72. The zero-order chi connectivity index (χ0) is 13.4. The molecule has 108 valence electrons. The maximum absolute atomic E-state index is 3.63. The fraction of sp³-hybridized carbons (Fsp3) is 1.00. The van der Waals surface area contributed by atoms with Crippen molar-refractivity contribution in [2.45, 2.75) is 58.0 Å². The highest BCUT2D eigenvalue weighted by molar-refractivity contribution is 4.76. The first-order valence-corrected chi connectivity index (χ1v) is 7.72. The molecule has 1 aliphatic rings. The zero-order valence-electron chi connectivity index (χ0n) is 12.9. The highest BCUT2D eigenvalue weighted by atomic mass is 15.2. The minimum absolute atomic E-state index is 0.675. The van der Waals surface area contributed by atoms with Gasteiger partial charge in [-0.05, 0) is 73.3 Å². The summed E-state index contributed by atoms with van der Waals surface area (Å²) in [6, 6.07) is 1.45. The number of unbranched alkanes of at least 4 members (excludes halogenated alkanes) is 1. The number of nitrogens with zero attached hydrogens (tertiary/aromatic N) is 2. The Bertz CT molecular complexity index is 206. The Morgan fingerprint density at radius 2 is 2.06 bits per heavy atom. The lowest BCUT2D eigenvalue weighted by Gasteiger charge is -2.32. The summed E-state index contributed by atoms with van der Waals surface area (Å²) < 4.78 is 0. The van der Waals surface area contributed by atoms with Gasteiger partial charge in [-0.3, -0.25) is 0 Å². The largest absolute Gasteiger partial charge is 0.315 e. The first kappa shape index (κ1) is 15.9. The van der Waals surface area contributed by atoms with Gasteiger partial charge in [0.25, 0.3) is 0 Å². The molecule has 1 fully saturated rings. The van der Waals surface area contributed by atoms with Crippen molar-refractivity contribution in [2.24, 2.45) is 0 Å². The van der Waals surface area contributed by atoms with E-state index in [4.69, 9.17) is 0 Å². The van der Waals surface area contributed by atoms with Gasteiger partial charge in [0.15, 0.2) is 0 Å². The van der Waals surface area contributed by atoms with Crippen LogP contribution in [0.3, 0.4) is 0 Å². The van der Waals surface area contributed by atoms with E-state index in [1.54, 1.807) is 0 Å². The number of nitrogens with one attached hydrogen (secondary N) is 1. The number of hydrogen-bond donors (Lipinski definition) is 1. The van der Waals surface area contributed by atoms with Gasteiger partial charge in [-0.1, -0.05) is 6.42 Å². The molecule has 3 heteroatoms. The molecule has 0 aromatic rings. The molecule has 1 saturated heterocycles. The fourth-order valence-electron chi connectivity index (χ4n) is 2.54. The van der Waals surface area contributed by atoms with E-state index in [2.05, 4.69) is 43.1 Å². The maximum Gasteiger partial charge on any atom is 0.0217 e. The minimum atomic E-state index is 0.675. The van der Waals surface area contributed by atoms with E-state index >= 15 is 0 Å². The lowest BCUT2D eigenvalue weighted by atomic mass is 10.0. The van der Waals surface area contributed by atoms with Gasteiger partial charge < -0.3 is 15.1 Å². The van der Waals surface area contributed by atoms with Crippen molar-refractivity contribution >= 4 is 0 Å². The molecule has 0 saturated carbocycles. The molecule has 0 aromatic carbocycles. The van der Waals surface area contributed by atoms with Crippen LogP contribution in [0.1, 0.15) is 46.0 Å². The molecule has 0 aliphatic carbocycles. The number of piperidine rings is 1. The molecule has 1 rings (SSSR count). The first-order chi connectivity index (χ1) is 8.61. The van der Waals surface area contributed by atoms with Crippen LogP contribution >= 0.6 is 0 Å². The van der Waals surface area contributed by atoms with Crippen molar-refractivity contribution in [3.63, 3.8) is 0 Å². The van der Waals surface area contributed by atoms with Crippen molar-refractivity contribution < 1.29 is 0 Å². The predicted molar refractivity (Wildman–Crippen MR) is 80.1 cm³/mol. The summed E-state index contributed by atoms with van der Waals surface area (Å²) in [5, 5.41) is 3.63. The summed E-state index contributed by atoms with van der Waals surface area (Å²) in [6.45, 7) is 9.38. The lowest BCUT2D eigenvalue weighted by Crippen LogP contribution is -2.43. The molecule has 1 heterocycles.